The summed E-state index contributed by atoms with van der Waals surface area (Å²) in [5, 5.41) is 0. The number of nitrogens with zero attached hydrogens (tertiary/aromatic N) is 1. The summed E-state index contributed by atoms with van der Waals surface area (Å²) < 4.78 is 5.34. The van der Waals surface area contributed by atoms with Gasteiger partial charge in [-0.3, -0.25) is 4.90 Å². The Hall–Kier alpha value is -0.120. The van der Waals surface area contributed by atoms with Crippen molar-refractivity contribution in [3.63, 3.8) is 0 Å². The van der Waals surface area contributed by atoms with Gasteiger partial charge in [0.25, 0.3) is 0 Å². The molecular weight excluding hydrogens is 164 g/mol. The standard InChI is InChI=1S/C10H20N2O/c1-10(2)8(11)7-9(10)12-3-5-13-6-4-12/h8-9H,3-7,11H2,1-2H3. The van der Waals surface area contributed by atoms with Crippen LogP contribution < -0.4 is 5.73 Å². The second kappa shape index (κ2) is 3.23. The topological polar surface area (TPSA) is 38.5 Å². The van der Waals surface area contributed by atoms with Gasteiger partial charge in [0.2, 0.25) is 0 Å². The molecule has 0 amide bonds. The first kappa shape index (κ1) is 9.44. The molecule has 2 rings (SSSR count). The van der Waals surface area contributed by atoms with Gasteiger partial charge in [0.15, 0.2) is 0 Å². The van der Waals surface area contributed by atoms with E-state index in [9.17, 15) is 0 Å². The minimum absolute atomic E-state index is 0.303. The molecule has 0 aromatic carbocycles. The lowest BCUT2D eigenvalue weighted by atomic mass is 9.62. The fourth-order valence-electron chi connectivity index (χ4n) is 2.44. The smallest absolute Gasteiger partial charge is 0.0594 e. The van der Waals surface area contributed by atoms with Crippen LogP contribution in [0.5, 0.6) is 0 Å². The molecule has 1 heterocycles. The molecule has 76 valence electrons. The van der Waals surface area contributed by atoms with Crippen molar-refractivity contribution in [1.29, 1.82) is 0 Å². The van der Waals surface area contributed by atoms with E-state index >= 15 is 0 Å². The molecule has 13 heavy (non-hydrogen) atoms. The van der Waals surface area contributed by atoms with Crippen LogP contribution in [0, 0.1) is 5.41 Å². The van der Waals surface area contributed by atoms with Gasteiger partial charge in [-0.2, -0.15) is 0 Å². The Morgan fingerprint density at radius 3 is 2.38 bits per heavy atom. The summed E-state index contributed by atoms with van der Waals surface area (Å²) in [5.41, 5.74) is 6.30. The van der Waals surface area contributed by atoms with Crippen molar-refractivity contribution in [1.82, 2.24) is 4.90 Å². The molecule has 1 aliphatic heterocycles. The highest BCUT2D eigenvalue weighted by Gasteiger charge is 2.48. The SMILES string of the molecule is CC1(C)C(N)CC1N1CCOCC1. The molecule has 2 atom stereocenters. The number of ether oxygens (including phenoxy) is 1. The largest absolute Gasteiger partial charge is 0.379 e. The summed E-state index contributed by atoms with van der Waals surface area (Å²) in [6.45, 7) is 8.51. The summed E-state index contributed by atoms with van der Waals surface area (Å²) in [5.74, 6) is 0. The highest BCUT2D eigenvalue weighted by Crippen LogP contribution is 2.42. The van der Waals surface area contributed by atoms with Crippen LogP contribution in [0.1, 0.15) is 20.3 Å². The van der Waals surface area contributed by atoms with Crippen molar-refractivity contribution in [2.45, 2.75) is 32.4 Å². The van der Waals surface area contributed by atoms with Gasteiger partial charge in [0.1, 0.15) is 0 Å². The van der Waals surface area contributed by atoms with Crippen molar-refractivity contribution < 1.29 is 4.74 Å². The van der Waals surface area contributed by atoms with E-state index in [1.165, 1.54) is 0 Å². The number of morpholine rings is 1. The predicted octanol–water partition coefficient (Wildman–Crippen LogP) is 0.444. The lowest BCUT2D eigenvalue weighted by Crippen LogP contribution is -2.65. The van der Waals surface area contributed by atoms with Crippen molar-refractivity contribution in [2.75, 3.05) is 26.3 Å². The third-order valence-electron chi connectivity index (χ3n) is 3.78. The third kappa shape index (κ3) is 1.49. The maximum absolute atomic E-state index is 6.00. The molecule has 1 aliphatic carbocycles. The Balaban J connectivity index is 1.94. The molecule has 0 aromatic rings. The van der Waals surface area contributed by atoms with E-state index in [1.807, 2.05) is 0 Å². The Morgan fingerprint density at radius 2 is 1.92 bits per heavy atom. The molecule has 3 heteroatoms. The van der Waals surface area contributed by atoms with E-state index in [1.54, 1.807) is 0 Å². The van der Waals surface area contributed by atoms with Crippen molar-refractivity contribution >= 4 is 0 Å². The van der Waals surface area contributed by atoms with Gasteiger partial charge >= 0.3 is 0 Å². The fourth-order valence-corrected chi connectivity index (χ4v) is 2.44. The van der Waals surface area contributed by atoms with Crippen molar-refractivity contribution in [3.05, 3.63) is 0 Å². The number of nitrogens with two attached hydrogens (primary N) is 1. The Bertz CT molecular complexity index is 187. The summed E-state index contributed by atoms with van der Waals surface area (Å²) >= 11 is 0. The summed E-state index contributed by atoms with van der Waals surface area (Å²) in [6, 6.07) is 1.08. The van der Waals surface area contributed by atoms with E-state index in [-0.39, 0.29) is 0 Å². The second-order valence-electron chi connectivity index (χ2n) is 4.83. The molecule has 2 aliphatic rings. The predicted molar refractivity (Wildman–Crippen MR) is 52.6 cm³/mol. The molecule has 0 spiro atoms. The summed E-state index contributed by atoms with van der Waals surface area (Å²) in [7, 11) is 0. The highest BCUT2D eigenvalue weighted by molar-refractivity contribution is 5.05. The molecule has 0 aromatic heterocycles. The monoisotopic (exact) mass is 184 g/mol. The van der Waals surface area contributed by atoms with Gasteiger partial charge in [-0.05, 0) is 11.8 Å². The van der Waals surface area contributed by atoms with Gasteiger partial charge in [0.05, 0.1) is 13.2 Å². The minimum Gasteiger partial charge on any atom is -0.379 e. The Morgan fingerprint density at radius 1 is 1.31 bits per heavy atom. The average molecular weight is 184 g/mol. The van der Waals surface area contributed by atoms with E-state index in [4.69, 9.17) is 10.5 Å². The van der Waals surface area contributed by atoms with Gasteiger partial charge in [-0.15, -0.1) is 0 Å². The molecule has 0 bridgehead atoms. The van der Waals surface area contributed by atoms with E-state index in [2.05, 4.69) is 18.7 Å². The van der Waals surface area contributed by atoms with Crippen molar-refractivity contribution in [2.24, 2.45) is 11.1 Å². The van der Waals surface area contributed by atoms with Crippen molar-refractivity contribution in [3.8, 4) is 0 Å². The zero-order valence-electron chi connectivity index (χ0n) is 8.62. The Labute approximate surface area is 80.2 Å². The summed E-state index contributed by atoms with van der Waals surface area (Å²) in [6.07, 6.45) is 1.16. The normalized spacial score (nSPS) is 39.9. The minimum atomic E-state index is 0.303. The van der Waals surface area contributed by atoms with Crippen LogP contribution in [0.4, 0.5) is 0 Å². The first-order valence-corrected chi connectivity index (χ1v) is 5.20. The van der Waals surface area contributed by atoms with Crippen LogP contribution in [-0.4, -0.2) is 43.3 Å². The number of rotatable bonds is 1. The van der Waals surface area contributed by atoms with E-state index in [0.717, 1.165) is 32.7 Å². The first-order chi connectivity index (χ1) is 6.12. The molecule has 3 nitrogen and oxygen atoms in total. The molecule has 2 fully saturated rings. The van der Waals surface area contributed by atoms with Crippen LogP contribution in [0.2, 0.25) is 0 Å². The zero-order valence-corrected chi connectivity index (χ0v) is 8.62. The number of hydrogen-bond acceptors (Lipinski definition) is 3. The molecule has 2 N–H and O–H groups in total. The summed E-state index contributed by atoms with van der Waals surface area (Å²) in [4.78, 5) is 2.53. The van der Waals surface area contributed by atoms with Crippen LogP contribution in [0.3, 0.4) is 0 Å². The third-order valence-corrected chi connectivity index (χ3v) is 3.78. The zero-order chi connectivity index (χ0) is 9.47. The van der Waals surface area contributed by atoms with Crippen LogP contribution >= 0.6 is 0 Å². The number of hydrogen-bond donors (Lipinski definition) is 1. The molecule has 0 radical (unpaired) electrons. The molecular formula is C10H20N2O. The van der Waals surface area contributed by atoms with Crippen LogP contribution in [0.25, 0.3) is 0 Å². The van der Waals surface area contributed by atoms with Gasteiger partial charge < -0.3 is 10.5 Å². The van der Waals surface area contributed by atoms with Gasteiger partial charge in [0, 0.05) is 25.2 Å². The van der Waals surface area contributed by atoms with Crippen LogP contribution in [-0.2, 0) is 4.74 Å². The highest BCUT2D eigenvalue weighted by atomic mass is 16.5. The lowest BCUT2D eigenvalue weighted by molar-refractivity contribution is -0.0683. The van der Waals surface area contributed by atoms with E-state index in [0.29, 0.717) is 17.5 Å². The maximum atomic E-state index is 6.00. The second-order valence-corrected chi connectivity index (χ2v) is 4.83. The molecule has 2 unspecified atom stereocenters. The fraction of sp³-hybridized carbons (Fsp3) is 1.00. The van der Waals surface area contributed by atoms with Gasteiger partial charge in [-0.25, -0.2) is 0 Å². The lowest BCUT2D eigenvalue weighted by Gasteiger charge is -2.55. The maximum Gasteiger partial charge on any atom is 0.0594 e. The first-order valence-electron chi connectivity index (χ1n) is 5.20. The Kier molecular flexibility index (Phi) is 2.34. The van der Waals surface area contributed by atoms with E-state index < -0.39 is 0 Å². The molecule has 1 saturated carbocycles. The van der Waals surface area contributed by atoms with Crippen LogP contribution in [0.15, 0.2) is 0 Å². The average Bonchev–Trinajstić information content (AvgIpc) is 2.15. The molecule has 1 saturated heterocycles. The quantitative estimate of drug-likeness (QED) is 0.643. The van der Waals surface area contributed by atoms with Gasteiger partial charge in [-0.1, -0.05) is 13.8 Å².